The molecule has 0 saturated carbocycles. The van der Waals surface area contributed by atoms with Crippen molar-refractivity contribution in [2.75, 3.05) is 13.1 Å². The molecule has 1 aromatic carbocycles. The highest BCUT2D eigenvalue weighted by atomic mass is 16.1. The van der Waals surface area contributed by atoms with Crippen LogP contribution in [0.15, 0.2) is 42.7 Å². The van der Waals surface area contributed by atoms with E-state index >= 15 is 0 Å². The van der Waals surface area contributed by atoms with E-state index in [1.165, 1.54) is 0 Å². The van der Waals surface area contributed by atoms with Gasteiger partial charge in [-0.15, -0.1) is 0 Å². The van der Waals surface area contributed by atoms with Gasteiger partial charge in [-0.25, -0.2) is 9.97 Å². The molecule has 1 fully saturated rings. The minimum Gasteiger partial charge on any atom is -0.350 e. The van der Waals surface area contributed by atoms with Gasteiger partial charge in [-0.1, -0.05) is 32.0 Å². The van der Waals surface area contributed by atoms with E-state index in [2.05, 4.69) is 34.0 Å². The number of nitrogens with one attached hydrogen (secondary N) is 1. The SMILES string of the molecule is CC(C)NC(=O)c1cc([C@H]2CCN(Cc3cnc(C(C)C)nc3)C2)nc2ccccc12. The third-order valence-electron chi connectivity index (χ3n) is 5.74. The zero-order chi connectivity index (χ0) is 22.0. The summed E-state index contributed by atoms with van der Waals surface area (Å²) in [6.45, 7) is 10.9. The molecule has 162 valence electrons. The van der Waals surface area contributed by atoms with Gasteiger partial charge >= 0.3 is 0 Å². The second-order valence-corrected chi connectivity index (χ2v) is 9.06. The van der Waals surface area contributed by atoms with Gasteiger partial charge in [0.25, 0.3) is 5.91 Å². The highest BCUT2D eigenvalue weighted by Gasteiger charge is 2.27. The van der Waals surface area contributed by atoms with Crippen molar-refractivity contribution < 1.29 is 4.79 Å². The first-order valence-corrected chi connectivity index (χ1v) is 11.1. The minimum atomic E-state index is -0.0351. The third-order valence-corrected chi connectivity index (χ3v) is 5.74. The Balaban J connectivity index is 1.53. The van der Waals surface area contributed by atoms with Crippen molar-refractivity contribution in [1.82, 2.24) is 25.2 Å². The quantitative estimate of drug-likeness (QED) is 0.648. The van der Waals surface area contributed by atoms with Crippen LogP contribution in [0.4, 0.5) is 0 Å². The maximum Gasteiger partial charge on any atom is 0.252 e. The lowest BCUT2D eigenvalue weighted by Gasteiger charge is -2.17. The molecule has 1 aliphatic rings. The Morgan fingerprint density at radius 3 is 2.61 bits per heavy atom. The third kappa shape index (κ3) is 4.90. The number of rotatable bonds is 6. The molecular weight excluding hydrogens is 386 g/mol. The Hall–Kier alpha value is -2.86. The average molecular weight is 418 g/mol. The Kier molecular flexibility index (Phi) is 6.28. The van der Waals surface area contributed by atoms with E-state index in [9.17, 15) is 4.79 Å². The smallest absolute Gasteiger partial charge is 0.252 e. The van der Waals surface area contributed by atoms with Crippen molar-refractivity contribution in [3.8, 4) is 0 Å². The standard InChI is InChI=1S/C25H31N5O/c1-16(2)24-26-12-18(13-27-24)14-30-10-9-19(15-30)23-11-21(25(31)28-17(3)4)20-7-5-6-8-22(20)29-23/h5-8,11-13,16-17,19H,9-10,14-15H2,1-4H3,(H,28,31)/t19-/m0/s1. The summed E-state index contributed by atoms with van der Waals surface area (Å²) in [6, 6.07) is 9.99. The molecule has 1 amide bonds. The average Bonchev–Trinajstić information content (AvgIpc) is 3.21. The van der Waals surface area contributed by atoms with E-state index in [0.29, 0.717) is 17.4 Å². The van der Waals surface area contributed by atoms with Crippen LogP contribution in [0.25, 0.3) is 10.9 Å². The van der Waals surface area contributed by atoms with E-state index in [1.54, 1.807) is 0 Å². The van der Waals surface area contributed by atoms with E-state index < -0.39 is 0 Å². The number of pyridine rings is 1. The molecule has 2 aromatic heterocycles. The fourth-order valence-corrected chi connectivity index (χ4v) is 4.15. The maximum absolute atomic E-state index is 12.9. The summed E-state index contributed by atoms with van der Waals surface area (Å²) in [6.07, 6.45) is 4.91. The summed E-state index contributed by atoms with van der Waals surface area (Å²) in [4.78, 5) is 29.2. The highest BCUT2D eigenvalue weighted by Crippen LogP contribution is 2.30. The molecular formula is C25H31N5O. The summed E-state index contributed by atoms with van der Waals surface area (Å²) in [5.41, 5.74) is 3.73. The highest BCUT2D eigenvalue weighted by molar-refractivity contribution is 6.06. The summed E-state index contributed by atoms with van der Waals surface area (Å²) in [5.74, 6) is 1.50. The lowest BCUT2D eigenvalue weighted by atomic mass is 9.99. The predicted octanol–water partition coefficient (Wildman–Crippen LogP) is 4.28. The molecule has 1 saturated heterocycles. The number of hydrogen-bond donors (Lipinski definition) is 1. The zero-order valence-electron chi connectivity index (χ0n) is 18.8. The van der Waals surface area contributed by atoms with Crippen molar-refractivity contribution >= 4 is 16.8 Å². The molecule has 6 heteroatoms. The molecule has 4 rings (SSSR count). The van der Waals surface area contributed by atoms with Gasteiger partial charge in [-0.2, -0.15) is 0 Å². The predicted molar refractivity (Wildman–Crippen MR) is 123 cm³/mol. The molecule has 0 unspecified atom stereocenters. The molecule has 0 spiro atoms. The number of amides is 1. The summed E-state index contributed by atoms with van der Waals surface area (Å²) < 4.78 is 0. The van der Waals surface area contributed by atoms with Crippen LogP contribution in [-0.2, 0) is 6.54 Å². The van der Waals surface area contributed by atoms with Crippen LogP contribution in [0.2, 0.25) is 0 Å². The van der Waals surface area contributed by atoms with Crippen molar-refractivity contribution in [3.05, 3.63) is 65.4 Å². The Labute approximate surface area is 184 Å². The first kappa shape index (κ1) is 21.4. The van der Waals surface area contributed by atoms with Gasteiger partial charge in [0.2, 0.25) is 0 Å². The van der Waals surface area contributed by atoms with E-state index in [1.807, 2.05) is 56.6 Å². The molecule has 6 nitrogen and oxygen atoms in total. The number of para-hydroxylation sites is 1. The van der Waals surface area contributed by atoms with E-state index in [4.69, 9.17) is 4.98 Å². The molecule has 31 heavy (non-hydrogen) atoms. The van der Waals surface area contributed by atoms with Crippen molar-refractivity contribution in [2.45, 2.75) is 58.5 Å². The van der Waals surface area contributed by atoms with Gasteiger partial charge in [-0.05, 0) is 38.9 Å². The minimum absolute atomic E-state index is 0.0351. The normalized spacial score (nSPS) is 17.0. The number of likely N-dealkylation sites (tertiary alicyclic amines) is 1. The summed E-state index contributed by atoms with van der Waals surface area (Å²) in [7, 11) is 0. The first-order valence-electron chi connectivity index (χ1n) is 11.1. The van der Waals surface area contributed by atoms with Crippen molar-refractivity contribution in [1.29, 1.82) is 0 Å². The Morgan fingerprint density at radius 2 is 1.90 bits per heavy atom. The number of carbonyl (C=O) groups is 1. The van der Waals surface area contributed by atoms with Crippen molar-refractivity contribution in [3.63, 3.8) is 0 Å². The van der Waals surface area contributed by atoms with Crippen LogP contribution < -0.4 is 5.32 Å². The second-order valence-electron chi connectivity index (χ2n) is 9.06. The van der Waals surface area contributed by atoms with Crippen LogP contribution in [0.1, 0.15) is 73.4 Å². The Morgan fingerprint density at radius 1 is 1.16 bits per heavy atom. The molecule has 0 radical (unpaired) electrons. The summed E-state index contributed by atoms with van der Waals surface area (Å²) >= 11 is 0. The maximum atomic E-state index is 12.9. The molecule has 1 N–H and O–H groups in total. The monoisotopic (exact) mass is 417 g/mol. The van der Waals surface area contributed by atoms with Gasteiger partial charge in [0.05, 0.1) is 11.1 Å². The molecule has 0 aliphatic carbocycles. The number of aromatic nitrogens is 3. The number of nitrogens with zero attached hydrogens (tertiary/aromatic N) is 4. The number of fused-ring (bicyclic) bond motifs is 1. The molecule has 1 atom stereocenters. The summed E-state index contributed by atoms with van der Waals surface area (Å²) in [5, 5.41) is 3.94. The second kappa shape index (κ2) is 9.10. The fraction of sp³-hybridized carbons (Fsp3) is 0.440. The first-order chi connectivity index (χ1) is 14.9. The lowest BCUT2D eigenvalue weighted by Crippen LogP contribution is -2.30. The van der Waals surface area contributed by atoms with Gasteiger partial charge in [-0.3, -0.25) is 14.7 Å². The molecule has 0 bridgehead atoms. The lowest BCUT2D eigenvalue weighted by molar-refractivity contribution is 0.0944. The molecule has 3 aromatic rings. The van der Waals surface area contributed by atoms with Gasteiger partial charge in [0.15, 0.2) is 0 Å². The van der Waals surface area contributed by atoms with Crippen LogP contribution in [0.3, 0.4) is 0 Å². The molecule has 1 aliphatic heterocycles. The van der Waals surface area contributed by atoms with Crippen LogP contribution in [0.5, 0.6) is 0 Å². The van der Waals surface area contributed by atoms with Gasteiger partial charge in [0.1, 0.15) is 5.82 Å². The van der Waals surface area contributed by atoms with Gasteiger partial charge in [0, 0.05) is 60.0 Å². The van der Waals surface area contributed by atoms with E-state index in [-0.39, 0.29) is 11.9 Å². The number of hydrogen-bond acceptors (Lipinski definition) is 5. The largest absolute Gasteiger partial charge is 0.350 e. The topological polar surface area (TPSA) is 71.0 Å². The fourth-order valence-electron chi connectivity index (χ4n) is 4.15. The molecule has 3 heterocycles. The van der Waals surface area contributed by atoms with Crippen LogP contribution in [-0.4, -0.2) is 44.9 Å². The number of carbonyl (C=O) groups excluding carboxylic acids is 1. The van der Waals surface area contributed by atoms with Crippen molar-refractivity contribution in [2.24, 2.45) is 0 Å². The zero-order valence-corrected chi connectivity index (χ0v) is 18.8. The van der Waals surface area contributed by atoms with E-state index in [0.717, 1.165) is 54.0 Å². The number of benzene rings is 1. The Bertz CT molecular complexity index is 1060. The van der Waals surface area contributed by atoms with Gasteiger partial charge < -0.3 is 5.32 Å². The van der Waals surface area contributed by atoms with Crippen LogP contribution >= 0.6 is 0 Å². The van der Waals surface area contributed by atoms with Crippen LogP contribution in [0, 0.1) is 0 Å².